The monoisotopic (exact) mass is 432 g/mol. The number of carbonyl (C=O) groups is 1. The molecule has 0 radical (unpaired) electrons. The van der Waals surface area contributed by atoms with Gasteiger partial charge in [-0.25, -0.2) is 0 Å². The topological polar surface area (TPSA) is 26.3 Å². The highest BCUT2D eigenvalue weighted by Gasteiger charge is 2.80. The standard InChI is InChI=1S/C12H11Cl7O2/c13-3-1-2-4-21-9(20)6-5-10(16)7(14)8(15)11(6,17)12(10,18)19/h6H,1-5H2/t6-,10-,11-/m1/s1. The quantitative estimate of drug-likeness (QED) is 0.328. The maximum absolute atomic E-state index is 12.2. The van der Waals surface area contributed by atoms with Gasteiger partial charge in [-0.05, 0) is 19.3 Å². The van der Waals surface area contributed by atoms with Crippen molar-refractivity contribution in [3.8, 4) is 0 Å². The van der Waals surface area contributed by atoms with Crippen LogP contribution in [0.5, 0.6) is 0 Å². The molecule has 0 saturated heterocycles. The van der Waals surface area contributed by atoms with Crippen molar-refractivity contribution in [1.29, 1.82) is 0 Å². The lowest BCUT2D eigenvalue weighted by atomic mass is 9.92. The zero-order valence-electron chi connectivity index (χ0n) is 10.6. The normalized spacial score (nSPS) is 37.2. The van der Waals surface area contributed by atoms with Gasteiger partial charge in [0.2, 0.25) is 0 Å². The highest BCUT2D eigenvalue weighted by molar-refractivity contribution is 6.66. The van der Waals surface area contributed by atoms with Crippen LogP contribution in [0.25, 0.3) is 0 Å². The lowest BCUT2D eigenvalue weighted by Crippen LogP contribution is -2.46. The molecule has 2 bridgehead atoms. The van der Waals surface area contributed by atoms with Gasteiger partial charge in [-0.1, -0.05) is 46.4 Å². The number of esters is 1. The second-order valence-electron chi connectivity index (χ2n) is 5.04. The van der Waals surface area contributed by atoms with E-state index in [4.69, 9.17) is 85.9 Å². The first-order chi connectivity index (χ1) is 9.64. The summed E-state index contributed by atoms with van der Waals surface area (Å²) in [6.45, 7) is 0.233. The Morgan fingerprint density at radius 1 is 1.14 bits per heavy atom. The second-order valence-corrected chi connectivity index (χ2v) is 8.74. The molecule has 0 unspecified atom stereocenters. The number of allylic oxidation sites excluding steroid dienone is 2. The van der Waals surface area contributed by atoms with Crippen molar-refractivity contribution < 1.29 is 9.53 Å². The van der Waals surface area contributed by atoms with E-state index >= 15 is 0 Å². The van der Waals surface area contributed by atoms with E-state index in [9.17, 15) is 4.79 Å². The highest BCUT2D eigenvalue weighted by Crippen LogP contribution is 2.74. The molecule has 2 aliphatic rings. The van der Waals surface area contributed by atoms with Gasteiger partial charge in [-0.3, -0.25) is 4.79 Å². The van der Waals surface area contributed by atoms with Crippen molar-refractivity contribution in [2.45, 2.75) is 33.3 Å². The van der Waals surface area contributed by atoms with Crippen molar-refractivity contribution in [1.82, 2.24) is 0 Å². The van der Waals surface area contributed by atoms with E-state index in [0.29, 0.717) is 12.3 Å². The predicted molar refractivity (Wildman–Crippen MR) is 89.4 cm³/mol. The summed E-state index contributed by atoms with van der Waals surface area (Å²) in [4.78, 5) is 9.27. The molecule has 0 spiro atoms. The summed E-state index contributed by atoms with van der Waals surface area (Å²) in [7, 11) is 0. The second kappa shape index (κ2) is 6.27. The third-order valence-corrected chi connectivity index (χ3v) is 8.38. The maximum atomic E-state index is 12.2. The van der Waals surface area contributed by atoms with E-state index in [2.05, 4.69) is 0 Å². The van der Waals surface area contributed by atoms with E-state index in [0.717, 1.165) is 6.42 Å². The number of hydrogen-bond acceptors (Lipinski definition) is 2. The van der Waals surface area contributed by atoms with E-state index < -0.39 is 26.0 Å². The van der Waals surface area contributed by atoms with Crippen molar-refractivity contribution in [2.75, 3.05) is 12.5 Å². The molecule has 2 aliphatic carbocycles. The van der Waals surface area contributed by atoms with Crippen LogP contribution in [-0.2, 0) is 9.53 Å². The van der Waals surface area contributed by atoms with Crippen LogP contribution in [0.15, 0.2) is 10.1 Å². The molecule has 3 atom stereocenters. The summed E-state index contributed by atoms with van der Waals surface area (Å²) in [5, 5.41) is 0.0804. The molecular formula is C12H11Cl7O2. The Morgan fingerprint density at radius 3 is 2.24 bits per heavy atom. The van der Waals surface area contributed by atoms with Crippen LogP contribution >= 0.6 is 81.2 Å². The number of halogens is 7. The Bertz CT molecular complexity index is 492. The minimum atomic E-state index is -1.70. The Labute approximate surface area is 157 Å². The van der Waals surface area contributed by atoms with Crippen LogP contribution in [0.4, 0.5) is 0 Å². The van der Waals surface area contributed by atoms with E-state index in [1.54, 1.807) is 0 Å². The molecule has 21 heavy (non-hydrogen) atoms. The lowest BCUT2D eigenvalue weighted by molar-refractivity contribution is -0.149. The third kappa shape index (κ3) is 2.49. The molecule has 2 nitrogen and oxygen atoms in total. The summed E-state index contributed by atoms with van der Waals surface area (Å²) >= 11 is 43.2. The molecule has 2 rings (SSSR count). The van der Waals surface area contributed by atoms with Crippen LogP contribution in [0.1, 0.15) is 19.3 Å². The minimum absolute atomic E-state index is 0.000193. The Hall–Kier alpha value is 1.24. The van der Waals surface area contributed by atoms with Crippen LogP contribution in [0.3, 0.4) is 0 Å². The molecular weight excluding hydrogens is 424 g/mol. The summed E-state index contributed by atoms with van der Waals surface area (Å²) in [5.74, 6) is -0.908. The number of rotatable bonds is 5. The first-order valence-electron chi connectivity index (χ1n) is 6.19. The predicted octanol–water partition coefficient (Wildman–Crippen LogP) is 5.40. The average Bonchev–Trinajstić information content (AvgIpc) is 2.65. The maximum Gasteiger partial charge on any atom is 0.311 e. The Kier molecular flexibility index (Phi) is 5.55. The average molecular weight is 435 g/mol. The molecule has 0 aromatic heterocycles. The van der Waals surface area contributed by atoms with Crippen LogP contribution in [0, 0.1) is 5.92 Å². The summed E-state index contributed by atoms with van der Waals surface area (Å²) < 4.78 is 3.49. The smallest absolute Gasteiger partial charge is 0.311 e. The fourth-order valence-electron chi connectivity index (χ4n) is 2.62. The van der Waals surface area contributed by atoms with Crippen LogP contribution < -0.4 is 0 Å². The molecule has 0 aliphatic heterocycles. The third-order valence-electron chi connectivity index (χ3n) is 3.84. The van der Waals surface area contributed by atoms with Gasteiger partial charge in [0.1, 0.15) is 9.75 Å². The fraction of sp³-hybridized carbons (Fsp3) is 0.750. The Balaban J connectivity index is 2.20. The summed E-state index contributed by atoms with van der Waals surface area (Å²) in [5.41, 5.74) is 0. The van der Waals surface area contributed by atoms with Crippen LogP contribution in [0.2, 0.25) is 0 Å². The molecule has 0 aromatic rings. The Morgan fingerprint density at radius 2 is 1.76 bits per heavy atom. The zero-order valence-corrected chi connectivity index (χ0v) is 15.9. The summed E-state index contributed by atoms with van der Waals surface area (Å²) in [6, 6.07) is 0. The number of alkyl halides is 5. The minimum Gasteiger partial charge on any atom is -0.465 e. The van der Waals surface area contributed by atoms with E-state index in [-0.39, 0.29) is 23.1 Å². The van der Waals surface area contributed by atoms with Gasteiger partial charge in [0.25, 0.3) is 0 Å². The lowest BCUT2D eigenvalue weighted by Gasteiger charge is -2.32. The number of fused-ring (bicyclic) bond motifs is 2. The van der Waals surface area contributed by atoms with Crippen molar-refractivity contribution in [2.24, 2.45) is 5.92 Å². The van der Waals surface area contributed by atoms with Gasteiger partial charge in [0, 0.05) is 5.88 Å². The molecule has 120 valence electrons. The van der Waals surface area contributed by atoms with Gasteiger partial charge in [0.15, 0.2) is 4.33 Å². The van der Waals surface area contributed by atoms with Gasteiger partial charge in [-0.2, -0.15) is 0 Å². The summed E-state index contributed by atoms with van der Waals surface area (Å²) in [6.07, 6.45) is 1.46. The molecule has 0 amide bonds. The van der Waals surface area contributed by atoms with Crippen molar-refractivity contribution in [3.05, 3.63) is 10.1 Å². The number of unbranched alkanes of at least 4 members (excludes halogenated alkanes) is 1. The van der Waals surface area contributed by atoms with Gasteiger partial charge in [0.05, 0.1) is 22.6 Å². The van der Waals surface area contributed by atoms with Gasteiger partial charge < -0.3 is 4.74 Å². The van der Waals surface area contributed by atoms with Crippen LogP contribution in [-0.4, -0.2) is 32.5 Å². The highest BCUT2D eigenvalue weighted by atomic mass is 35.5. The molecule has 1 saturated carbocycles. The van der Waals surface area contributed by atoms with Gasteiger partial charge >= 0.3 is 5.97 Å². The molecule has 9 heteroatoms. The molecule has 1 fully saturated rings. The number of carbonyl (C=O) groups excluding carboxylic acids is 1. The first kappa shape index (κ1) is 18.6. The number of hydrogen-bond donors (Lipinski definition) is 0. The van der Waals surface area contributed by atoms with Crippen molar-refractivity contribution >= 4 is 87.2 Å². The van der Waals surface area contributed by atoms with E-state index in [1.165, 1.54) is 0 Å². The van der Waals surface area contributed by atoms with Crippen molar-refractivity contribution in [3.63, 3.8) is 0 Å². The molecule has 0 heterocycles. The first-order valence-corrected chi connectivity index (χ1v) is 8.99. The van der Waals surface area contributed by atoms with Gasteiger partial charge in [-0.15, -0.1) is 34.8 Å². The zero-order chi connectivity index (χ0) is 16.1. The van der Waals surface area contributed by atoms with E-state index in [1.807, 2.05) is 0 Å². The SMILES string of the molecule is O=C(OCCCCCl)[C@H]1C[C@@]2(Cl)C(Cl)=C(Cl)[C@@]1(Cl)C2(Cl)Cl. The largest absolute Gasteiger partial charge is 0.465 e. The molecule has 0 N–H and O–H groups in total. The number of ether oxygens (including phenoxy) is 1. The molecule has 0 aromatic carbocycles. The fourth-order valence-corrected chi connectivity index (χ4v) is 5.57.